The monoisotopic (exact) mass is 259 g/mol. The fourth-order valence-electron chi connectivity index (χ4n) is 2.09. The van der Waals surface area contributed by atoms with E-state index in [1.807, 2.05) is 12.1 Å². The van der Waals surface area contributed by atoms with Crippen LogP contribution in [0.1, 0.15) is 16.9 Å². The van der Waals surface area contributed by atoms with Crippen LogP contribution in [0, 0.1) is 0 Å². The number of nitrogens with one attached hydrogen (secondary N) is 1. The molecule has 98 valence electrons. The summed E-state index contributed by atoms with van der Waals surface area (Å²) in [6.07, 6.45) is 0.841. The van der Waals surface area contributed by atoms with Crippen molar-refractivity contribution < 1.29 is 14.6 Å². The number of carboxylic acids is 1. The van der Waals surface area contributed by atoms with Crippen LogP contribution in [0.15, 0.2) is 24.3 Å². The Hall–Kier alpha value is -2.21. The van der Waals surface area contributed by atoms with Gasteiger partial charge in [0.1, 0.15) is 0 Å². The standard InChI is InChI=1S/C13H13N3O3/c17-13(18)11-12(14-8-5-6-19-7-8)16-10-4-2-1-3-9(10)15-11/h1-4,8H,5-7H2,(H,14,16)(H,17,18). The number of carbonyl (C=O) groups is 1. The summed E-state index contributed by atoms with van der Waals surface area (Å²) in [4.78, 5) is 19.8. The Kier molecular flexibility index (Phi) is 3.00. The maximum atomic E-state index is 11.3. The topological polar surface area (TPSA) is 84.3 Å². The minimum absolute atomic E-state index is 0.0504. The molecule has 2 aromatic rings. The molecule has 0 amide bonds. The number of hydrogen-bond donors (Lipinski definition) is 2. The van der Waals surface area contributed by atoms with Gasteiger partial charge in [0.05, 0.1) is 23.7 Å². The van der Waals surface area contributed by atoms with E-state index in [4.69, 9.17) is 4.74 Å². The number of para-hydroxylation sites is 2. The van der Waals surface area contributed by atoms with E-state index in [2.05, 4.69) is 15.3 Å². The van der Waals surface area contributed by atoms with Gasteiger partial charge < -0.3 is 15.2 Å². The minimum Gasteiger partial charge on any atom is -0.476 e. The van der Waals surface area contributed by atoms with Crippen molar-refractivity contribution in [3.05, 3.63) is 30.0 Å². The summed E-state index contributed by atoms with van der Waals surface area (Å²) >= 11 is 0. The van der Waals surface area contributed by atoms with Crippen molar-refractivity contribution in [2.45, 2.75) is 12.5 Å². The summed E-state index contributed by atoms with van der Waals surface area (Å²) in [6.45, 7) is 1.24. The van der Waals surface area contributed by atoms with Gasteiger partial charge in [0.25, 0.3) is 0 Å². The van der Waals surface area contributed by atoms with E-state index in [1.165, 1.54) is 0 Å². The molecule has 1 aromatic heterocycles. The molecule has 2 N–H and O–H groups in total. The molecule has 19 heavy (non-hydrogen) atoms. The average molecular weight is 259 g/mol. The number of fused-ring (bicyclic) bond motifs is 1. The summed E-state index contributed by atoms with van der Waals surface area (Å²) in [6, 6.07) is 7.30. The number of benzene rings is 1. The van der Waals surface area contributed by atoms with E-state index < -0.39 is 5.97 Å². The Morgan fingerprint density at radius 2 is 2.05 bits per heavy atom. The third-order valence-electron chi connectivity index (χ3n) is 3.04. The van der Waals surface area contributed by atoms with Gasteiger partial charge in [0.15, 0.2) is 11.5 Å². The van der Waals surface area contributed by atoms with Crippen LogP contribution in [0.5, 0.6) is 0 Å². The number of hydrogen-bond acceptors (Lipinski definition) is 5. The number of aromatic carboxylic acids is 1. The highest BCUT2D eigenvalue weighted by atomic mass is 16.5. The van der Waals surface area contributed by atoms with Gasteiger partial charge in [-0.25, -0.2) is 14.8 Å². The molecule has 1 aromatic carbocycles. The fourth-order valence-corrected chi connectivity index (χ4v) is 2.09. The van der Waals surface area contributed by atoms with Gasteiger partial charge in [-0.1, -0.05) is 12.1 Å². The van der Waals surface area contributed by atoms with Crippen LogP contribution < -0.4 is 5.32 Å². The Bertz CT molecular complexity index is 624. The Morgan fingerprint density at radius 1 is 1.32 bits per heavy atom. The van der Waals surface area contributed by atoms with Gasteiger partial charge in [-0.3, -0.25) is 0 Å². The van der Waals surface area contributed by atoms with Crippen LogP contribution >= 0.6 is 0 Å². The van der Waals surface area contributed by atoms with Gasteiger partial charge >= 0.3 is 5.97 Å². The first-order chi connectivity index (χ1) is 9.24. The molecular formula is C13H13N3O3. The molecule has 1 unspecified atom stereocenters. The van der Waals surface area contributed by atoms with E-state index in [9.17, 15) is 9.90 Å². The quantitative estimate of drug-likeness (QED) is 0.869. The second-order valence-electron chi connectivity index (χ2n) is 4.42. The summed E-state index contributed by atoms with van der Waals surface area (Å²) in [7, 11) is 0. The SMILES string of the molecule is O=C(O)c1nc2ccccc2nc1NC1CCOC1. The first kappa shape index (κ1) is 11.9. The van der Waals surface area contributed by atoms with Gasteiger partial charge in [-0.15, -0.1) is 0 Å². The molecule has 6 nitrogen and oxygen atoms in total. The molecule has 0 spiro atoms. The van der Waals surface area contributed by atoms with Gasteiger partial charge in [0, 0.05) is 6.61 Å². The molecule has 3 rings (SSSR count). The van der Waals surface area contributed by atoms with E-state index >= 15 is 0 Å². The summed E-state index contributed by atoms with van der Waals surface area (Å²) in [5, 5.41) is 12.3. The predicted molar refractivity (Wildman–Crippen MR) is 69.3 cm³/mol. The van der Waals surface area contributed by atoms with Crippen molar-refractivity contribution in [1.82, 2.24) is 9.97 Å². The van der Waals surface area contributed by atoms with Crippen LogP contribution in [-0.4, -0.2) is 40.3 Å². The van der Waals surface area contributed by atoms with Crippen molar-refractivity contribution in [3.8, 4) is 0 Å². The maximum absolute atomic E-state index is 11.3. The molecule has 0 aliphatic carbocycles. The van der Waals surface area contributed by atoms with Crippen molar-refractivity contribution in [2.75, 3.05) is 18.5 Å². The molecular weight excluding hydrogens is 246 g/mol. The average Bonchev–Trinajstić information content (AvgIpc) is 2.90. The molecule has 1 aliphatic rings. The fraction of sp³-hybridized carbons (Fsp3) is 0.308. The van der Waals surface area contributed by atoms with Crippen molar-refractivity contribution >= 4 is 22.8 Å². The predicted octanol–water partition coefficient (Wildman–Crippen LogP) is 1.53. The van der Waals surface area contributed by atoms with Crippen LogP contribution in [0.25, 0.3) is 11.0 Å². The zero-order chi connectivity index (χ0) is 13.2. The number of ether oxygens (including phenoxy) is 1. The number of rotatable bonds is 3. The molecule has 1 saturated heterocycles. The molecule has 2 heterocycles. The third-order valence-corrected chi connectivity index (χ3v) is 3.04. The lowest BCUT2D eigenvalue weighted by atomic mass is 10.2. The lowest BCUT2D eigenvalue weighted by Gasteiger charge is -2.13. The summed E-state index contributed by atoms with van der Waals surface area (Å²) in [5.41, 5.74) is 1.20. The molecule has 0 saturated carbocycles. The van der Waals surface area contributed by atoms with Crippen molar-refractivity contribution in [1.29, 1.82) is 0 Å². The summed E-state index contributed by atoms with van der Waals surface area (Å²) in [5.74, 6) is -0.777. The Labute approximate surface area is 109 Å². The van der Waals surface area contributed by atoms with Gasteiger partial charge in [-0.2, -0.15) is 0 Å². The minimum atomic E-state index is -1.08. The van der Waals surface area contributed by atoms with Gasteiger partial charge in [0.2, 0.25) is 0 Å². The maximum Gasteiger partial charge on any atom is 0.358 e. The molecule has 1 fully saturated rings. The molecule has 0 bridgehead atoms. The number of nitrogens with zero attached hydrogens (tertiary/aromatic N) is 2. The van der Waals surface area contributed by atoms with Crippen LogP contribution in [0.2, 0.25) is 0 Å². The number of anilines is 1. The number of carboxylic acid groups (broad SMARTS) is 1. The first-order valence-electron chi connectivity index (χ1n) is 6.08. The smallest absolute Gasteiger partial charge is 0.358 e. The molecule has 1 aliphatic heterocycles. The highest BCUT2D eigenvalue weighted by molar-refractivity contribution is 5.93. The molecule has 0 radical (unpaired) electrons. The second kappa shape index (κ2) is 4.81. The van der Waals surface area contributed by atoms with Gasteiger partial charge in [-0.05, 0) is 18.6 Å². The summed E-state index contributed by atoms with van der Waals surface area (Å²) < 4.78 is 5.26. The Morgan fingerprint density at radius 3 is 2.68 bits per heavy atom. The molecule has 6 heteroatoms. The largest absolute Gasteiger partial charge is 0.476 e. The zero-order valence-corrected chi connectivity index (χ0v) is 10.2. The molecule has 1 atom stereocenters. The first-order valence-corrected chi connectivity index (χ1v) is 6.08. The van der Waals surface area contributed by atoms with Crippen LogP contribution in [-0.2, 0) is 4.74 Å². The lowest BCUT2D eigenvalue weighted by molar-refractivity contribution is 0.0691. The van der Waals surface area contributed by atoms with E-state index in [0.29, 0.717) is 30.1 Å². The van der Waals surface area contributed by atoms with Crippen molar-refractivity contribution in [3.63, 3.8) is 0 Å². The normalized spacial score (nSPS) is 18.6. The van der Waals surface area contributed by atoms with Crippen LogP contribution in [0.3, 0.4) is 0 Å². The van der Waals surface area contributed by atoms with Crippen molar-refractivity contribution in [2.24, 2.45) is 0 Å². The highest BCUT2D eigenvalue weighted by Crippen LogP contribution is 2.19. The van der Waals surface area contributed by atoms with Crippen LogP contribution in [0.4, 0.5) is 5.82 Å². The van der Waals surface area contributed by atoms with E-state index in [-0.39, 0.29) is 11.7 Å². The highest BCUT2D eigenvalue weighted by Gasteiger charge is 2.21. The Balaban J connectivity index is 2.04. The lowest BCUT2D eigenvalue weighted by Crippen LogP contribution is -2.22. The van der Waals surface area contributed by atoms with E-state index in [0.717, 1.165) is 6.42 Å². The van der Waals surface area contributed by atoms with E-state index in [1.54, 1.807) is 12.1 Å². The zero-order valence-electron chi connectivity index (χ0n) is 10.2. The number of aromatic nitrogens is 2. The second-order valence-corrected chi connectivity index (χ2v) is 4.42. The third kappa shape index (κ3) is 2.34.